The number of aromatic nitrogens is 2. The highest BCUT2D eigenvalue weighted by molar-refractivity contribution is 5.74. The first-order valence-corrected chi connectivity index (χ1v) is 5.25. The van der Waals surface area contributed by atoms with Crippen molar-refractivity contribution < 1.29 is 4.79 Å². The first-order chi connectivity index (χ1) is 7.74. The Hall–Kier alpha value is -1.69. The van der Waals surface area contributed by atoms with Gasteiger partial charge in [-0.25, -0.2) is 15.6 Å². The predicted octanol–water partition coefficient (Wildman–Crippen LogP) is -0.206. The lowest BCUT2D eigenvalue weighted by molar-refractivity contribution is -0.121. The molecular formula is C10H16N4O2. The Balaban J connectivity index is 2.19. The molecular weight excluding hydrogens is 208 g/mol. The Bertz CT molecular complexity index is 388. The minimum atomic E-state index is -0.234. The summed E-state index contributed by atoms with van der Waals surface area (Å²) in [5, 5.41) is 0. The van der Waals surface area contributed by atoms with Crippen molar-refractivity contribution in [1.29, 1.82) is 0 Å². The van der Waals surface area contributed by atoms with Crippen LogP contribution in [0.3, 0.4) is 0 Å². The van der Waals surface area contributed by atoms with Crippen LogP contribution in [0, 0.1) is 0 Å². The molecule has 0 aliphatic rings. The van der Waals surface area contributed by atoms with Gasteiger partial charge in [0, 0.05) is 25.4 Å². The fourth-order valence-electron chi connectivity index (χ4n) is 1.37. The average molecular weight is 224 g/mol. The van der Waals surface area contributed by atoms with Crippen LogP contribution in [-0.2, 0) is 11.3 Å². The molecule has 0 saturated heterocycles. The number of nitrogens with one attached hydrogen (secondary N) is 1. The van der Waals surface area contributed by atoms with Crippen LogP contribution in [-0.4, -0.2) is 15.5 Å². The Morgan fingerprint density at radius 3 is 2.94 bits per heavy atom. The van der Waals surface area contributed by atoms with E-state index in [2.05, 4.69) is 10.4 Å². The molecule has 3 N–H and O–H groups in total. The number of carbonyl (C=O) groups is 1. The summed E-state index contributed by atoms with van der Waals surface area (Å²) in [6.07, 6.45) is 6.13. The number of hydrazine groups is 1. The van der Waals surface area contributed by atoms with Crippen molar-refractivity contribution in [2.75, 3.05) is 0 Å². The van der Waals surface area contributed by atoms with Crippen molar-refractivity contribution in [3.63, 3.8) is 0 Å². The molecule has 0 radical (unpaired) electrons. The number of amides is 1. The maximum atomic E-state index is 11.2. The maximum Gasteiger partial charge on any atom is 0.347 e. The van der Waals surface area contributed by atoms with Crippen LogP contribution >= 0.6 is 0 Å². The summed E-state index contributed by atoms with van der Waals surface area (Å²) in [6, 6.07) is 1.73. The minimum Gasteiger partial charge on any atom is -0.299 e. The number of unbranched alkanes of at least 4 members (excludes halogenated alkanes) is 2. The van der Waals surface area contributed by atoms with Crippen LogP contribution in [0.15, 0.2) is 23.3 Å². The van der Waals surface area contributed by atoms with Crippen LogP contribution in [0.4, 0.5) is 0 Å². The van der Waals surface area contributed by atoms with Gasteiger partial charge in [0.15, 0.2) is 0 Å². The van der Waals surface area contributed by atoms with Crippen LogP contribution in [0.5, 0.6) is 0 Å². The summed E-state index contributed by atoms with van der Waals surface area (Å²) in [5.74, 6) is 4.79. The van der Waals surface area contributed by atoms with Crippen LogP contribution in [0.2, 0.25) is 0 Å². The highest BCUT2D eigenvalue weighted by atomic mass is 16.2. The first-order valence-electron chi connectivity index (χ1n) is 5.25. The Morgan fingerprint density at radius 1 is 1.44 bits per heavy atom. The van der Waals surface area contributed by atoms with Gasteiger partial charge in [0.05, 0.1) is 0 Å². The SMILES string of the molecule is NNC(=O)CCCCCn1cccnc1=O. The monoisotopic (exact) mass is 224 g/mol. The smallest absolute Gasteiger partial charge is 0.299 e. The molecule has 0 bridgehead atoms. The van der Waals surface area contributed by atoms with Gasteiger partial charge in [0.25, 0.3) is 0 Å². The number of rotatable bonds is 6. The third-order valence-corrected chi connectivity index (χ3v) is 2.25. The second kappa shape index (κ2) is 6.73. The molecule has 1 aromatic rings. The zero-order chi connectivity index (χ0) is 11.8. The van der Waals surface area contributed by atoms with Crippen LogP contribution < -0.4 is 17.0 Å². The zero-order valence-corrected chi connectivity index (χ0v) is 9.06. The molecule has 6 heteroatoms. The van der Waals surface area contributed by atoms with Crippen molar-refractivity contribution in [3.8, 4) is 0 Å². The summed E-state index contributed by atoms with van der Waals surface area (Å²) in [4.78, 5) is 25.7. The predicted molar refractivity (Wildman–Crippen MR) is 59.3 cm³/mol. The largest absolute Gasteiger partial charge is 0.347 e. The third kappa shape index (κ3) is 4.22. The molecule has 88 valence electrons. The summed E-state index contributed by atoms with van der Waals surface area (Å²) in [6.45, 7) is 0.636. The summed E-state index contributed by atoms with van der Waals surface area (Å²) < 4.78 is 1.56. The molecule has 0 aliphatic carbocycles. The van der Waals surface area contributed by atoms with Crippen LogP contribution in [0.25, 0.3) is 0 Å². The quantitative estimate of drug-likeness (QED) is 0.303. The van der Waals surface area contributed by atoms with Gasteiger partial charge in [-0.2, -0.15) is 0 Å². The fourth-order valence-corrected chi connectivity index (χ4v) is 1.37. The number of nitrogens with two attached hydrogens (primary N) is 1. The molecule has 1 aromatic heterocycles. The zero-order valence-electron chi connectivity index (χ0n) is 9.06. The van der Waals surface area contributed by atoms with Crippen LogP contribution in [0.1, 0.15) is 25.7 Å². The van der Waals surface area contributed by atoms with Gasteiger partial charge in [-0.3, -0.25) is 14.8 Å². The van der Waals surface area contributed by atoms with Gasteiger partial charge in [0.1, 0.15) is 0 Å². The van der Waals surface area contributed by atoms with E-state index < -0.39 is 0 Å². The van der Waals surface area contributed by atoms with Gasteiger partial charge in [-0.15, -0.1) is 0 Å². The minimum absolute atomic E-state index is 0.154. The molecule has 0 aliphatic heterocycles. The van der Waals surface area contributed by atoms with Crippen molar-refractivity contribution in [3.05, 3.63) is 28.9 Å². The summed E-state index contributed by atoms with van der Waals surface area (Å²) >= 11 is 0. The van der Waals surface area contributed by atoms with E-state index in [1.165, 1.54) is 6.20 Å². The normalized spacial score (nSPS) is 10.1. The van der Waals surface area contributed by atoms with Gasteiger partial charge < -0.3 is 0 Å². The third-order valence-electron chi connectivity index (χ3n) is 2.25. The van der Waals surface area contributed by atoms with Gasteiger partial charge >= 0.3 is 5.69 Å². The van der Waals surface area contributed by atoms with Crippen molar-refractivity contribution >= 4 is 5.91 Å². The lowest BCUT2D eigenvalue weighted by Gasteiger charge is -2.03. The van der Waals surface area contributed by atoms with E-state index in [0.29, 0.717) is 13.0 Å². The van der Waals surface area contributed by atoms with E-state index in [-0.39, 0.29) is 11.6 Å². The van der Waals surface area contributed by atoms with Crippen molar-refractivity contribution in [2.24, 2.45) is 5.84 Å². The summed E-state index contributed by atoms with van der Waals surface area (Å²) in [7, 11) is 0. The summed E-state index contributed by atoms with van der Waals surface area (Å²) in [5.41, 5.74) is 1.84. The molecule has 1 rings (SSSR count). The molecule has 0 spiro atoms. The molecule has 0 saturated carbocycles. The van der Waals surface area contributed by atoms with Crippen molar-refractivity contribution in [1.82, 2.24) is 15.0 Å². The molecule has 0 atom stereocenters. The van der Waals surface area contributed by atoms with Gasteiger partial charge in [0.2, 0.25) is 5.91 Å². The fraction of sp³-hybridized carbons (Fsp3) is 0.500. The van der Waals surface area contributed by atoms with E-state index in [1.54, 1.807) is 16.8 Å². The lowest BCUT2D eigenvalue weighted by atomic mass is 10.2. The lowest BCUT2D eigenvalue weighted by Crippen LogP contribution is -2.29. The molecule has 1 heterocycles. The number of aryl methyl sites for hydroxylation is 1. The standard InChI is InChI=1S/C10H16N4O2/c11-13-9(15)5-2-1-3-7-14-8-4-6-12-10(14)16/h4,6,8H,1-3,5,7,11H2,(H,13,15). The second-order valence-electron chi connectivity index (χ2n) is 3.47. The topological polar surface area (TPSA) is 90.0 Å². The van der Waals surface area contributed by atoms with E-state index in [1.807, 2.05) is 0 Å². The van der Waals surface area contributed by atoms with E-state index in [0.717, 1.165) is 19.3 Å². The maximum absolute atomic E-state index is 11.2. The Morgan fingerprint density at radius 2 is 2.25 bits per heavy atom. The number of hydrogen-bond donors (Lipinski definition) is 2. The molecule has 0 aromatic carbocycles. The Labute approximate surface area is 93.5 Å². The molecule has 0 fully saturated rings. The molecule has 1 amide bonds. The highest BCUT2D eigenvalue weighted by Crippen LogP contribution is 2.00. The van der Waals surface area contributed by atoms with Gasteiger partial charge in [-0.05, 0) is 18.9 Å². The Kier molecular flexibility index (Phi) is 5.21. The first kappa shape index (κ1) is 12.4. The molecule has 6 nitrogen and oxygen atoms in total. The second-order valence-corrected chi connectivity index (χ2v) is 3.47. The van der Waals surface area contributed by atoms with E-state index in [4.69, 9.17) is 5.84 Å². The van der Waals surface area contributed by atoms with Crippen molar-refractivity contribution in [2.45, 2.75) is 32.2 Å². The van der Waals surface area contributed by atoms with E-state index in [9.17, 15) is 9.59 Å². The highest BCUT2D eigenvalue weighted by Gasteiger charge is 1.98. The van der Waals surface area contributed by atoms with E-state index >= 15 is 0 Å². The molecule has 16 heavy (non-hydrogen) atoms. The molecule has 0 unspecified atom stereocenters. The number of nitrogens with zero attached hydrogens (tertiary/aromatic N) is 2. The average Bonchev–Trinajstić information content (AvgIpc) is 2.30. The number of hydrogen-bond acceptors (Lipinski definition) is 4. The van der Waals surface area contributed by atoms with Gasteiger partial charge in [-0.1, -0.05) is 6.42 Å². The number of carbonyl (C=O) groups excluding carboxylic acids is 1.